The molecule has 0 atom stereocenters. The van der Waals surface area contributed by atoms with Crippen molar-refractivity contribution in [3.8, 4) is 12.1 Å². The number of nitriles is 2. The van der Waals surface area contributed by atoms with Gasteiger partial charge in [-0.1, -0.05) is 36.7 Å². The first-order valence-corrected chi connectivity index (χ1v) is 7.96. The SMILES string of the molecule is CCCCS(=O)(=O)ON=C(C#N)c1cccc(CC#N)c1. The van der Waals surface area contributed by atoms with E-state index in [9.17, 15) is 8.42 Å². The van der Waals surface area contributed by atoms with Gasteiger partial charge >= 0.3 is 10.1 Å². The summed E-state index contributed by atoms with van der Waals surface area (Å²) in [5.74, 6) is -0.139. The first-order valence-electron chi connectivity index (χ1n) is 6.38. The van der Waals surface area contributed by atoms with Crippen molar-refractivity contribution >= 4 is 15.8 Å². The number of hydrogen-bond acceptors (Lipinski definition) is 6. The molecule has 0 N–H and O–H groups in total. The Labute approximate surface area is 124 Å². The molecule has 0 saturated carbocycles. The van der Waals surface area contributed by atoms with Crippen LogP contribution in [0.2, 0.25) is 0 Å². The molecule has 21 heavy (non-hydrogen) atoms. The van der Waals surface area contributed by atoms with Gasteiger partial charge in [-0.15, -0.1) is 0 Å². The Kier molecular flexibility index (Phi) is 6.38. The Bertz CT molecular complexity index is 697. The Hall–Kier alpha value is -2.38. The molecule has 1 rings (SSSR count). The van der Waals surface area contributed by atoms with E-state index >= 15 is 0 Å². The summed E-state index contributed by atoms with van der Waals surface area (Å²) in [4.78, 5) is 0. The van der Waals surface area contributed by atoms with E-state index in [4.69, 9.17) is 10.5 Å². The lowest BCUT2D eigenvalue weighted by molar-refractivity contribution is 0.339. The highest BCUT2D eigenvalue weighted by Crippen LogP contribution is 2.09. The molecule has 0 aliphatic carbocycles. The van der Waals surface area contributed by atoms with E-state index in [-0.39, 0.29) is 17.9 Å². The molecule has 0 radical (unpaired) electrons. The average molecular weight is 305 g/mol. The van der Waals surface area contributed by atoms with Crippen LogP contribution in [0.25, 0.3) is 0 Å². The van der Waals surface area contributed by atoms with Gasteiger partial charge in [0.25, 0.3) is 0 Å². The molecule has 0 aromatic heterocycles. The number of unbranched alkanes of at least 4 members (excludes halogenated alkanes) is 1. The summed E-state index contributed by atoms with van der Waals surface area (Å²) in [6.07, 6.45) is 1.38. The average Bonchev–Trinajstić information content (AvgIpc) is 2.47. The van der Waals surface area contributed by atoms with Crippen molar-refractivity contribution in [2.24, 2.45) is 5.16 Å². The van der Waals surface area contributed by atoms with Crippen molar-refractivity contribution < 1.29 is 12.7 Å². The van der Waals surface area contributed by atoms with Crippen molar-refractivity contribution in [2.75, 3.05) is 5.75 Å². The summed E-state index contributed by atoms with van der Waals surface area (Å²) in [6.45, 7) is 1.86. The Morgan fingerprint density at radius 3 is 2.76 bits per heavy atom. The minimum Gasteiger partial charge on any atom is -0.267 e. The molecule has 0 saturated heterocycles. The number of oxime groups is 1. The maximum absolute atomic E-state index is 11.5. The smallest absolute Gasteiger partial charge is 0.267 e. The molecule has 0 aliphatic rings. The number of benzene rings is 1. The minimum atomic E-state index is -3.77. The van der Waals surface area contributed by atoms with Gasteiger partial charge in [0, 0.05) is 5.56 Å². The monoisotopic (exact) mass is 305 g/mol. The van der Waals surface area contributed by atoms with E-state index in [0.717, 1.165) is 0 Å². The Morgan fingerprint density at radius 2 is 2.14 bits per heavy atom. The second-order valence-corrected chi connectivity index (χ2v) is 5.95. The van der Waals surface area contributed by atoms with Crippen LogP contribution in [-0.4, -0.2) is 19.9 Å². The van der Waals surface area contributed by atoms with Crippen molar-refractivity contribution in [3.63, 3.8) is 0 Å². The lowest BCUT2D eigenvalue weighted by Gasteiger charge is -2.02. The molecule has 0 amide bonds. The van der Waals surface area contributed by atoms with Gasteiger partial charge in [-0.05, 0) is 18.1 Å². The van der Waals surface area contributed by atoms with Crippen LogP contribution in [0, 0.1) is 22.7 Å². The quantitative estimate of drug-likeness (QED) is 0.567. The Morgan fingerprint density at radius 1 is 1.38 bits per heavy atom. The van der Waals surface area contributed by atoms with Gasteiger partial charge in [-0.2, -0.15) is 18.9 Å². The van der Waals surface area contributed by atoms with Crippen LogP contribution in [0.4, 0.5) is 0 Å². The lowest BCUT2D eigenvalue weighted by atomic mass is 10.1. The fourth-order valence-corrected chi connectivity index (χ4v) is 2.41. The van der Waals surface area contributed by atoms with Crippen LogP contribution in [0.15, 0.2) is 29.4 Å². The molecule has 0 heterocycles. The largest absolute Gasteiger partial charge is 0.328 e. The fourth-order valence-electron chi connectivity index (χ4n) is 1.51. The number of hydrogen-bond donors (Lipinski definition) is 0. The van der Waals surface area contributed by atoms with E-state index in [2.05, 4.69) is 9.44 Å². The second-order valence-electron chi connectivity index (χ2n) is 4.28. The molecule has 0 bridgehead atoms. The van der Waals surface area contributed by atoms with Crippen LogP contribution in [0.5, 0.6) is 0 Å². The highest BCUT2D eigenvalue weighted by molar-refractivity contribution is 7.86. The normalized spacial score (nSPS) is 11.5. The third-order valence-corrected chi connectivity index (χ3v) is 3.67. The molecule has 0 aliphatic heterocycles. The van der Waals surface area contributed by atoms with Gasteiger partial charge in [0.1, 0.15) is 6.07 Å². The standard InChI is InChI=1S/C14H15N3O3S/c1-2-3-9-21(18,19)20-17-14(11-16)13-6-4-5-12(10-13)7-8-15/h4-6,10H,2-3,7,9H2,1H3. The fraction of sp³-hybridized carbons (Fsp3) is 0.357. The molecule has 1 aromatic carbocycles. The summed E-state index contributed by atoms with van der Waals surface area (Å²) in [6, 6.07) is 10.4. The maximum atomic E-state index is 11.5. The van der Waals surface area contributed by atoms with E-state index in [1.807, 2.05) is 13.0 Å². The van der Waals surface area contributed by atoms with Gasteiger partial charge in [0.2, 0.25) is 0 Å². The third kappa shape index (κ3) is 5.64. The number of rotatable bonds is 7. The van der Waals surface area contributed by atoms with Crippen LogP contribution in [0.1, 0.15) is 30.9 Å². The minimum absolute atomic E-state index is 0.139. The van der Waals surface area contributed by atoms with Crippen molar-refractivity contribution in [2.45, 2.75) is 26.2 Å². The molecular weight excluding hydrogens is 290 g/mol. The van der Waals surface area contributed by atoms with Crippen molar-refractivity contribution in [1.29, 1.82) is 10.5 Å². The summed E-state index contributed by atoms with van der Waals surface area (Å²) in [5.41, 5.74) is 0.984. The first kappa shape index (κ1) is 16.7. The highest BCUT2D eigenvalue weighted by atomic mass is 32.2. The van der Waals surface area contributed by atoms with E-state index in [1.165, 1.54) is 0 Å². The van der Waals surface area contributed by atoms with Gasteiger partial charge in [0.15, 0.2) is 5.71 Å². The van der Waals surface area contributed by atoms with Crippen LogP contribution in [-0.2, 0) is 20.8 Å². The molecule has 0 unspecified atom stereocenters. The van der Waals surface area contributed by atoms with Crippen LogP contribution >= 0.6 is 0 Å². The predicted molar refractivity (Wildman–Crippen MR) is 77.7 cm³/mol. The third-order valence-electron chi connectivity index (χ3n) is 2.58. The second kappa shape index (κ2) is 8.03. The number of nitrogens with zero attached hydrogens (tertiary/aromatic N) is 3. The zero-order chi connectivity index (χ0) is 15.7. The first-order chi connectivity index (χ1) is 10.0. The van der Waals surface area contributed by atoms with Gasteiger partial charge in [0.05, 0.1) is 18.2 Å². The summed E-state index contributed by atoms with van der Waals surface area (Å²) in [5, 5.41) is 21.1. The molecule has 0 fully saturated rings. The molecular formula is C14H15N3O3S. The zero-order valence-electron chi connectivity index (χ0n) is 11.6. The van der Waals surface area contributed by atoms with Crippen molar-refractivity contribution in [1.82, 2.24) is 0 Å². The predicted octanol–water partition coefficient (Wildman–Crippen LogP) is 2.13. The molecule has 6 nitrogen and oxygen atoms in total. The highest BCUT2D eigenvalue weighted by Gasteiger charge is 2.12. The topological polar surface area (TPSA) is 103 Å². The Balaban J connectivity index is 2.93. The van der Waals surface area contributed by atoms with Gasteiger partial charge in [-0.25, -0.2) is 0 Å². The molecule has 1 aromatic rings. The molecule has 0 spiro atoms. The van der Waals surface area contributed by atoms with E-state index in [1.54, 1.807) is 30.3 Å². The van der Waals surface area contributed by atoms with Gasteiger partial charge in [-0.3, -0.25) is 4.28 Å². The maximum Gasteiger partial charge on any atom is 0.328 e. The van der Waals surface area contributed by atoms with Gasteiger partial charge < -0.3 is 0 Å². The summed E-state index contributed by atoms with van der Waals surface area (Å²) < 4.78 is 27.6. The lowest BCUT2D eigenvalue weighted by Crippen LogP contribution is -2.09. The van der Waals surface area contributed by atoms with Crippen LogP contribution in [0.3, 0.4) is 0 Å². The zero-order valence-corrected chi connectivity index (χ0v) is 12.4. The molecule has 7 heteroatoms. The summed E-state index contributed by atoms with van der Waals surface area (Å²) in [7, 11) is -3.77. The van der Waals surface area contributed by atoms with Crippen LogP contribution < -0.4 is 0 Å². The van der Waals surface area contributed by atoms with Crippen molar-refractivity contribution in [3.05, 3.63) is 35.4 Å². The summed E-state index contributed by atoms with van der Waals surface area (Å²) >= 11 is 0. The van der Waals surface area contributed by atoms with E-state index < -0.39 is 10.1 Å². The van der Waals surface area contributed by atoms with E-state index in [0.29, 0.717) is 24.0 Å². The molecule has 110 valence electrons.